The van der Waals surface area contributed by atoms with Crippen LogP contribution >= 0.6 is 0 Å². The first-order valence-electron chi connectivity index (χ1n) is 4.89. The monoisotopic (exact) mass is 233 g/mol. The van der Waals surface area contributed by atoms with Gasteiger partial charge in [-0.15, -0.1) is 0 Å². The third kappa shape index (κ3) is 2.88. The molecule has 0 aromatic heterocycles. The van der Waals surface area contributed by atoms with Crippen LogP contribution in [0.1, 0.15) is 18.6 Å². The maximum Gasteiger partial charge on any atom is 0.255 e. The van der Waals surface area contributed by atoms with Crippen molar-refractivity contribution in [2.45, 2.75) is 19.5 Å². The van der Waals surface area contributed by atoms with Crippen molar-refractivity contribution in [3.63, 3.8) is 0 Å². The van der Waals surface area contributed by atoms with Crippen LogP contribution in [-0.4, -0.2) is 25.1 Å². The topological polar surface area (TPSA) is 23.5 Å². The second-order valence-corrected chi connectivity index (χ2v) is 3.63. The van der Waals surface area contributed by atoms with Gasteiger partial charge in [0.15, 0.2) is 0 Å². The van der Waals surface area contributed by atoms with Crippen LogP contribution in [0.2, 0.25) is 0 Å². The number of hydrogen-bond donors (Lipinski definition) is 1. The fourth-order valence-corrected chi connectivity index (χ4v) is 1.57. The molecule has 0 bridgehead atoms. The SMILES string of the molecule is C[C@H](O)c1cccc(F)c1N(C)CC(F)F. The molecule has 0 heterocycles. The van der Waals surface area contributed by atoms with E-state index in [4.69, 9.17) is 0 Å². The van der Waals surface area contributed by atoms with Crippen LogP contribution in [0.5, 0.6) is 0 Å². The number of aliphatic hydroxyl groups is 1. The van der Waals surface area contributed by atoms with Crippen molar-refractivity contribution >= 4 is 5.69 Å². The van der Waals surface area contributed by atoms with E-state index in [1.54, 1.807) is 0 Å². The van der Waals surface area contributed by atoms with Gasteiger partial charge in [-0.05, 0) is 13.0 Å². The second-order valence-electron chi connectivity index (χ2n) is 3.63. The van der Waals surface area contributed by atoms with E-state index in [0.29, 0.717) is 5.56 Å². The number of para-hydroxylation sites is 1. The van der Waals surface area contributed by atoms with Crippen molar-refractivity contribution < 1.29 is 18.3 Å². The van der Waals surface area contributed by atoms with Gasteiger partial charge < -0.3 is 10.0 Å². The van der Waals surface area contributed by atoms with E-state index in [0.717, 1.165) is 4.90 Å². The maximum absolute atomic E-state index is 13.5. The predicted molar refractivity (Wildman–Crippen MR) is 56.3 cm³/mol. The molecule has 0 aliphatic rings. The predicted octanol–water partition coefficient (Wildman–Crippen LogP) is 2.58. The number of halogens is 3. The molecule has 0 fully saturated rings. The van der Waals surface area contributed by atoms with E-state index in [2.05, 4.69) is 0 Å². The molecule has 0 unspecified atom stereocenters. The summed E-state index contributed by atoms with van der Waals surface area (Å²) in [6, 6.07) is 4.14. The highest BCUT2D eigenvalue weighted by atomic mass is 19.3. The lowest BCUT2D eigenvalue weighted by molar-refractivity contribution is 0.155. The number of hydrogen-bond acceptors (Lipinski definition) is 2. The van der Waals surface area contributed by atoms with Crippen LogP contribution in [0.4, 0.5) is 18.9 Å². The molecule has 1 atom stereocenters. The van der Waals surface area contributed by atoms with Gasteiger partial charge in [-0.3, -0.25) is 0 Å². The molecule has 0 saturated carbocycles. The van der Waals surface area contributed by atoms with Gasteiger partial charge in [-0.25, -0.2) is 13.2 Å². The Morgan fingerprint density at radius 3 is 2.50 bits per heavy atom. The molecule has 2 nitrogen and oxygen atoms in total. The highest BCUT2D eigenvalue weighted by Crippen LogP contribution is 2.28. The van der Waals surface area contributed by atoms with E-state index >= 15 is 0 Å². The van der Waals surface area contributed by atoms with Crippen LogP contribution in [0, 0.1) is 5.82 Å². The molecule has 0 aliphatic heterocycles. The Bertz CT molecular complexity index is 355. The Morgan fingerprint density at radius 2 is 2.00 bits per heavy atom. The molecule has 1 N–H and O–H groups in total. The maximum atomic E-state index is 13.5. The Kier molecular flexibility index (Phi) is 4.18. The quantitative estimate of drug-likeness (QED) is 0.864. The summed E-state index contributed by atoms with van der Waals surface area (Å²) in [5.74, 6) is -0.610. The minimum absolute atomic E-state index is 0.0257. The third-order valence-corrected chi connectivity index (χ3v) is 2.26. The molecule has 1 rings (SSSR count). The average Bonchev–Trinajstić information content (AvgIpc) is 2.15. The van der Waals surface area contributed by atoms with Crippen molar-refractivity contribution in [2.24, 2.45) is 0 Å². The van der Waals surface area contributed by atoms with Gasteiger partial charge in [-0.2, -0.15) is 0 Å². The van der Waals surface area contributed by atoms with Gasteiger partial charge in [0.25, 0.3) is 6.43 Å². The van der Waals surface area contributed by atoms with E-state index in [1.165, 1.54) is 32.2 Å². The molecule has 1 aromatic carbocycles. The molecule has 0 amide bonds. The number of aliphatic hydroxyl groups excluding tert-OH is 1. The first-order valence-corrected chi connectivity index (χ1v) is 4.89. The summed E-state index contributed by atoms with van der Waals surface area (Å²) in [5, 5.41) is 9.43. The number of benzene rings is 1. The molecular formula is C11H14F3NO. The Balaban J connectivity index is 3.09. The van der Waals surface area contributed by atoms with Crippen LogP contribution in [0.15, 0.2) is 18.2 Å². The first kappa shape index (κ1) is 12.8. The summed E-state index contributed by atoms with van der Waals surface area (Å²) in [6.45, 7) is 0.898. The smallest absolute Gasteiger partial charge is 0.255 e. The van der Waals surface area contributed by atoms with Crippen molar-refractivity contribution in [2.75, 3.05) is 18.5 Å². The first-order chi connectivity index (χ1) is 7.43. The number of alkyl halides is 2. The highest BCUT2D eigenvalue weighted by molar-refractivity contribution is 5.55. The fraction of sp³-hybridized carbons (Fsp3) is 0.455. The van der Waals surface area contributed by atoms with Crippen LogP contribution in [0.25, 0.3) is 0 Å². The Hall–Kier alpha value is -1.23. The largest absolute Gasteiger partial charge is 0.389 e. The summed E-state index contributed by atoms with van der Waals surface area (Å²) in [7, 11) is 1.37. The van der Waals surface area contributed by atoms with E-state index < -0.39 is 24.9 Å². The van der Waals surface area contributed by atoms with Gasteiger partial charge in [0.1, 0.15) is 5.82 Å². The second kappa shape index (κ2) is 5.21. The minimum atomic E-state index is -2.55. The summed E-state index contributed by atoms with van der Waals surface area (Å²) in [6.07, 6.45) is -3.45. The van der Waals surface area contributed by atoms with Crippen molar-refractivity contribution in [3.05, 3.63) is 29.6 Å². The fourth-order valence-electron chi connectivity index (χ4n) is 1.57. The van der Waals surface area contributed by atoms with E-state index in [-0.39, 0.29) is 5.69 Å². The Labute approximate surface area is 92.3 Å². The summed E-state index contributed by atoms with van der Waals surface area (Å²) in [5.41, 5.74) is 0.334. The number of nitrogens with zero attached hydrogens (tertiary/aromatic N) is 1. The molecule has 0 saturated heterocycles. The molecule has 0 radical (unpaired) electrons. The molecule has 16 heavy (non-hydrogen) atoms. The van der Waals surface area contributed by atoms with Crippen molar-refractivity contribution in [1.82, 2.24) is 0 Å². The summed E-state index contributed by atoms with van der Waals surface area (Å²) < 4.78 is 37.9. The average molecular weight is 233 g/mol. The van der Waals surface area contributed by atoms with Gasteiger partial charge in [-0.1, -0.05) is 12.1 Å². The van der Waals surface area contributed by atoms with Crippen LogP contribution < -0.4 is 4.90 Å². The molecule has 0 spiro atoms. The van der Waals surface area contributed by atoms with Gasteiger partial charge in [0.2, 0.25) is 0 Å². The van der Waals surface area contributed by atoms with E-state index in [9.17, 15) is 18.3 Å². The molecule has 0 aliphatic carbocycles. The minimum Gasteiger partial charge on any atom is -0.389 e. The third-order valence-electron chi connectivity index (χ3n) is 2.26. The lowest BCUT2D eigenvalue weighted by atomic mass is 10.1. The van der Waals surface area contributed by atoms with Gasteiger partial charge in [0.05, 0.1) is 18.3 Å². The van der Waals surface area contributed by atoms with Gasteiger partial charge >= 0.3 is 0 Å². The molecular weight excluding hydrogens is 219 g/mol. The van der Waals surface area contributed by atoms with Gasteiger partial charge in [0, 0.05) is 12.6 Å². The van der Waals surface area contributed by atoms with E-state index in [1.807, 2.05) is 0 Å². The van der Waals surface area contributed by atoms with Crippen LogP contribution in [0.3, 0.4) is 0 Å². The van der Waals surface area contributed by atoms with Crippen molar-refractivity contribution in [3.8, 4) is 0 Å². The number of anilines is 1. The summed E-state index contributed by atoms with van der Waals surface area (Å²) in [4.78, 5) is 1.11. The molecule has 90 valence electrons. The number of rotatable bonds is 4. The normalized spacial score (nSPS) is 12.9. The lowest BCUT2D eigenvalue weighted by Crippen LogP contribution is -2.26. The molecule has 5 heteroatoms. The Morgan fingerprint density at radius 1 is 1.38 bits per heavy atom. The zero-order chi connectivity index (χ0) is 12.3. The lowest BCUT2D eigenvalue weighted by Gasteiger charge is -2.23. The molecule has 1 aromatic rings. The zero-order valence-electron chi connectivity index (χ0n) is 9.12. The highest BCUT2D eigenvalue weighted by Gasteiger charge is 2.18. The zero-order valence-corrected chi connectivity index (χ0v) is 9.12. The van der Waals surface area contributed by atoms with Crippen LogP contribution in [-0.2, 0) is 0 Å². The summed E-state index contributed by atoms with van der Waals surface area (Å²) >= 11 is 0. The standard InChI is InChI=1S/C11H14F3NO/c1-7(16)8-4-3-5-9(12)11(8)15(2)6-10(13)14/h3-5,7,10,16H,6H2,1-2H3/t7-/m0/s1. The van der Waals surface area contributed by atoms with Crippen molar-refractivity contribution in [1.29, 1.82) is 0 Å².